The van der Waals surface area contributed by atoms with Gasteiger partial charge in [0.1, 0.15) is 11.5 Å². The number of Topliss-reactive ketones (excluding diaryl/α,β-unsaturated/α-hetero) is 1. The molecule has 0 bridgehead atoms. The lowest BCUT2D eigenvalue weighted by Crippen LogP contribution is -2.38. The van der Waals surface area contributed by atoms with Gasteiger partial charge in [0, 0.05) is 30.8 Å². The molecule has 1 aliphatic heterocycles. The maximum absolute atomic E-state index is 13.0. The van der Waals surface area contributed by atoms with Gasteiger partial charge in [0.2, 0.25) is 0 Å². The average Bonchev–Trinajstić information content (AvgIpc) is 3.04. The van der Waals surface area contributed by atoms with Crippen LogP contribution in [0, 0.1) is 10.1 Å². The van der Waals surface area contributed by atoms with Crippen molar-refractivity contribution in [2.45, 2.75) is 19.9 Å². The van der Waals surface area contributed by atoms with Crippen molar-refractivity contribution in [3.8, 4) is 5.75 Å². The summed E-state index contributed by atoms with van der Waals surface area (Å²) >= 11 is 0. The van der Waals surface area contributed by atoms with Gasteiger partial charge in [-0.15, -0.1) is 0 Å². The van der Waals surface area contributed by atoms with Crippen LogP contribution in [-0.4, -0.2) is 62.8 Å². The first kappa shape index (κ1) is 23.0. The van der Waals surface area contributed by atoms with Crippen molar-refractivity contribution < 1.29 is 24.7 Å². The lowest BCUT2D eigenvalue weighted by Gasteiger charge is -2.28. The summed E-state index contributed by atoms with van der Waals surface area (Å²) in [7, 11) is 0. The number of phenolic OH excluding ortho intramolecular Hbond substituents is 1. The molecule has 0 spiro atoms. The molecule has 168 valence electrons. The molecule has 0 aromatic heterocycles. The van der Waals surface area contributed by atoms with Crippen LogP contribution in [0.1, 0.15) is 31.0 Å². The number of rotatable bonds is 8. The number of aliphatic hydroxyl groups is 1. The van der Waals surface area contributed by atoms with Gasteiger partial charge in [-0.2, -0.15) is 0 Å². The van der Waals surface area contributed by atoms with Crippen LogP contribution in [0.4, 0.5) is 5.69 Å². The van der Waals surface area contributed by atoms with Gasteiger partial charge in [0.05, 0.1) is 16.5 Å². The maximum Gasteiger partial charge on any atom is 0.295 e. The number of likely N-dealkylation sites (tertiary alicyclic amines) is 1. The number of nitro groups is 1. The fourth-order valence-electron chi connectivity index (χ4n) is 3.83. The Labute approximate surface area is 185 Å². The zero-order valence-corrected chi connectivity index (χ0v) is 17.9. The number of hydrogen-bond acceptors (Lipinski definition) is 7. The molecule has 1 atom stereocenters. The van der Waals surface area contributed by atoms with Crippen molar-refractivity contribution in [1.29, 1.82) is 0 Å². The number of carbonyl (C=O) groups excluding carboxylic acids is 2. The van der Waals surface area contributed by atoms with Crippen LogP contribution in [0.25, 0.3) is 5.76 Å². The number of aliphatic hydroxyl groups excluding tert-OH is 1. The number of amides is 1. The highest BCUT2D eigenvalue weighted by molar-refractivity contribution is 6.46. The molecule has 1 unspecified atom stereocenters. The van der Waals surface area contributed by atoms with Crippen LogP contribution in [0.5, 0.6) is 5.75 Å². The largest absolute Gasteiger partial charge is 0.508 e. The summed E-state index contributed by atoms with van der Waals surface area (Å²) in [5.41, 5.74) is 0.227. The number of nitrogens with zero attached hydrogens (tertiary/aromatic N) is 3. The molecule has 32 heavy (non-hydrogen) atoms. The van der Waals surface area contributed by atoms with Crippen molar-refractivity contribution in [3.63, 3.8) is 0 Å². The van der Waals surface area contributed by atoms with E-state index in [1.807, 2.05) is 13.8 Å². The van der Waals surface area contributed by atoms with E-state index in [1.165, 1.54) is 35.2 Å². The highest BCUT2D eigenvalue weighted by Crippen LogP contribution is 2.40. The summed E-state index contributed by atoms with van der Waals surface area (Å²) in [6.07, 6.45) is 0. The quantitative estimate of drug-likeness (QED) is 0.213. The molecule has 2 aromatic carbocycles. The standard InChI is InChI=1S/C23H25N3O6/c1-3-24(4-2)12-13-25-20(15-8-10-18(27)11-9-15)19(22(29)23(25)30)21(28)16-6-5-7-17(14-16)26(31)32/h5-11,14,20,27-28H,3-4,12-13H2,1-2H3/b21-19-. The molecule has 9 nitrogen and oxygen atoms in total. The lowest BCUT2D eigenvalue weighted by atomic mass is 9.95. The first-order valence-corrected chi connectivity index (χ1v) is 10.3. The van der Waals surface area contributed by atoms with Gasteiger partial charge in [0.15, 0.2) is 0 Å². The molecule has 0 saturated carbocycles. The lowest BCUT2D eigenvalue weighted by molar-refractivity contribution is -0.384. The van der Waals surface area contributed by atoms with E-state index in [0.717, 1.165) is 19.2 Å². The minimum atomic E-state index is -0.884. The molecule has 3 rings (SSSR count). The van der Waals surface area contributed by atoms with Crippen LogP contribution in [0.15, 0.2) is 54.1 Å². The van der Waals surface area contributed by atoms with Crippen molar-refractivity contribution in [2.24, 2.45) is 0 Å². The second kappa shape index (κ2) is 9.61. The normalized spacial score (nSPS) is 17.8. The number of likely N-dealkylation sites (N-methyl/N-ethyl adjacent to an activating group) is 1. The Morgan fingerprint density at radius 1 is 1.12 bits per heavy atom. The zero-order valence-electron chi connectivity index (χ0n) is 17.9. The highest BCUT2D eigenvalue weighted by Gasteiger charge is 2.46. The second-order valence-corrected chi connectivity index (χ2v) is 7.42. The molecule has 1 amide bonds. The Balaban J connectivity index is 2.12. The summed E-state index contributed by atoms with van der Waals surface area (Å²) < 4.78 is 0. The molecule has 2 N–H and O–H groups in total. The Morgan fingerprint density at radius 3 is 2.38 bits per heavy atom. The Hall–Kier alpha value is -3.72. The molecular formula is C23H25N3O6. The fraction of sp³-hybridized carbons (Fsp3) is 0.304. The summed E-state index contributed by atoms with van der Waals surface area (Å²) in [5, 5.41) is 31.8. The van der Waals surface area contributed by atoms with Crippen molar-refractivity contribution in [1.82, 2.24) is 9.80 Å². The minimum Gasteiger partial charge on any atom is -0.508 e. The number of nitro benzene ring substituents is 1. The van der Waals surface area contributed by atoms with Gasteiger partial charge in [-0.3, -0.25) is 19.7 Å². The Morgan fingerprint density at radius 2 is 1.78 bits per heavy atom. The SMILES string of the molecule is CCN(CC)CCN1C(=O)C(=O)/C(=C(\O)c2cccc([N+](=O)[O-])c2)C1c1ccc(O)cc1. The number of aromatic hydroxyl groups is 1. The maximum atomic E-state index is 13.0. The first-order chi connectivity index (χ1) is 15.3. The van der Waals surface area contributed by atoms with Crippen molar-refractivity contribution in [2.75, 3.05) is 26.2 Å². The molecular weight excluding hydrogens is 414 g/mol. The number of hydrogen-bond donors (Lipinski definition) is 2. The van der Waals surface area contributed by atoms with E-state index in [-0.39, 0.29) is 29.1 Å². The average molecular weight is 439 g/mol. The minimum absolute atomic E-state index is 0.0209. The van der Waals surface area contributed by atoms with E-state index in [4.69, 9.17) is 0 Å². The summed E-state index contributed by atoms with van der Waals surface area (Å²) in [5.74, 6) is -2.06. The monoisotopic (exact) mass is 439 g/mol. The van der Waals surface area contributed by atoms with Gasteiger partial charge < -0.3 is 20.0 Å². The number of benzene rings is 2. The van der Waals surface area contributed by atoms with E-state index >= 15 is 0 Å². The van der Waals surface area contributed by atoms with E-state index < -0.39 is 28.4 Å². The number of phenols is 1. The predicted octanol–water partition coefficient (Wildman–Crippen LogP) is 3.06. The van der Waals surface area contributed by atoms with Crippen LogP contribution in [0.2, 0.25) is 0 Å². The molecule has 2 aromatic rings. The topological polar surface area (TPSA) is 124 Å². The first-order valence-electron chi connectivity index (χ1n) is 10.3. The number of ketones is 1. The van der Waals surface area contributed by atoms with Gasteiger partial charge in [-0.1, -0.05) is 38.1 Å². The molecule has 9 heteroatoms. The van der Waals surface area contributed by atoms with Gasteiger partial charge >= 0.3 is 0 Å². The van der Waals surface area contributed by atoms with Gasteiger partial charge in [-0.25, -0.2) is 0 Å². The van der Waals surface area contributed by atoms with Crippen LogP contribution in [-0.2, 0) is 9.59 Å². The van der Waals surface area contributed by atoms with E-state index in [1.54, 1.807) is 12.1 Å². The summed E-state index contributed by atoms with van der Waals surface area (Å²) in [6.45, 7) is 6.33. The third kappa shape index (κ3) is 4.47. The Bertz CT molecular complexity index is 1060. The fourth-order valence-corrected chi connectivity index (χ4v) is 3.83. The van der Waals surface area contributed by atoms with Gasteiger partial charge in [-0.05, 0) is 30.8 Å². The number of non-ortho nitro benzene ring substituents is 1. The van der Waals surface area contributed by atoms with E-state index in [0.29, 0.717) is 12.1 Å². The third-order valence-corrected chi connectivity index (χ3v) is 5.63. The summed E-state index contributed by atoms with van der Waals surface area (Å²) in [4.78, 5) is 39.9. The van der Waals surface area contributed by atoms with Gasteiger partial charge in [0.25, 0.3) is 17.4 Å². The zero-order chi connectivity index (χ0) is 23.4. The van der Waals surface area contributed by atoms with Crippen molar-refractivity contribution in [3.05, 3.63) is 75.3 Å². The molecule has 1 saturated heterocycles. The molecule has 1 heterocycles. The van der Waals surface area contributed by atoms with Crippen LogP contribution >= 0.6 is 0 Å². The van der Waals surface area contributed by atoms with Crippen LogP contribution < -0.4 is 0 Å². The van der Waals surface area contributed by atoms with E-state index in [2.05, 4.69) is 4.90 Å². The predicted molar refractivity (Wildman–Crippen MR) is 118 cm³/mol. The second-order valence-electron chi connectivity index (χ2n) is 7.42. The molecule has 1 fully saturated rings. The smallest absolute Gasteiger partial charge is 0.295 e. The molecule has 0 aliphatic carbocycles. The molecule has 1 aliphatic rings. The van der Waals surface area contributed by atoms with Crippen LogP contribution in [0.3, 0.4) is 0 Å². The van der Waals surface area contributed by atoms with Crippen molar-refractivity contribution >= 4 is 23.1 Å². The van der Waals surface area contributed by atoms with E-state index in [9.17, 15) is 29.9 Å². The third-order valence-electron chi connectivity index (χ3n) is 5.63. The summed E-state index contributed by atoms with van der Waals surface area (Å²) in [6, 6.07) is 10.4. The molecule has 0 radical (unpaired) electrons. The highest BCUT2D eigenvalue weighted by atomic mass is 16.6. The number of carbonyl (C=O) groups is 2. The Kier molecular flexibility index (Phi) is 6.89.